The molecule has 0 amide bonds. The molecule has 0 heterocycles. The second-order valence-electron chi connectivity index (χ2n) is 4.58. The van der Waals surface area contributed by atoms with E-state index in [-0.39, 0.29) is 6.61 Å². The van der Waals surface area contributed by atoms with E-state index in [1.165, 1.54) is 6.92 Å². The molecule has 1 aromatic rings. The summed E-state index contributed by atoms with van der Waals surface area (Å²) in [5.41, 5.74) is -1.08. The molecule has 3 nitrogen and oxygen atoms in total. The van der Waals surface area contributed by atoms with E-state index in [1.807, 2.05) is 0 Å². The average Bonchev–Trinajstić information content (AvgIpc) is 3.27. The number of hydrogen-bond donors (Lipinski definition) is 0. The van der Waals surface area contributed by atoms with Crippen LogP contribution in [0.5, 0.6) is 0 Å². The largest absolute Gasteiger partial charge is 0.465 e. The number of esters is 1. The molecular weight excluding hydrogens is 297 g/mol. The summed E-state index contributed by atoms with van der Waals surface area (Å²) in [5, 5.41) is 0. The lowest BCUT2D eigenvalue weighted by Gasteiger charge is -2.24. The summed E-state index contributed by atoms with van der Waals surface area (Å²) in [6, 6.07) is -0.442. The van der Waals surface area contributed by atoms with Gasteiger partial charge in [0.1, 0.15) is 12.2 Å². The van der Waals surface area contributed by atoms with Crippen LogP contribution in [0.15, 0.2) is 0 Å². The van der Waals surface area contributed by atoms with Gasteiger partial charge in [0.05, 0.1) is 6.61 Å². The van der Waals surface area contributed by atoms with E-state index in [0.717, 1.165) is 4.90 Å². The molecule has 0 unspecified atom stereocenters. The highest BCUT2D eigenvalue weighted by Crippen LogP contribution is 2.37. The van der Waals surface area contributed by atoms with E-state index in [0.29, 0.717) is 12.8 Å². The van der Waals surface area contributed by atoms with Crippen molar-refractivity contribution in [3.63, 3.8) is 0 Å². The molecule has 8 heteroatoms. The van der Waals surface area contributed by atoms with Crippen LogP contribution in [0.4, 0.5) is 27.6 Å². The quantitative estimate of drug-likeness (QED) is 0.362. The predicted octanol–water partition coefficient (Wildman–Crippen LogP) is 2.91. The van der Waals surface area contributed by atoms with Crippen LogP contribution in [-0.4, -0.2) is 25.2 Å². The summed E-state index contributed by atoms with van der Waals surface area (Å²) in [5.74, 6) is -11.0. The Hall–Kier alpha value is -1.86. The molecule has 1 aliphatic carbocycles. The van der Waals surface area contributed by atoms with Crippen LogP contribution in [-0.2, 0) is 9.53 Å². The van der Waals surface area contributed by atoms with Gasteiger partial charge in [0, 0.05) is 6.04 Å². The number of hydrogen-bond acceptors (Lipinski definition) is 3. The normalized spacial score (nSPS) is 14.2. The van der Waals surface area contributed by atoms with Crippen molar-refractivity contribution in [1.29, 1.82) is 0 Å². The minimum Gasteiger partial charge on any atom is -0.465 e. The lowest BCUT2D eigenvalue weighted by atomic mass is 10.2. The summed E-state index contributed by atoms with van der Waals surface area (Å²) in [7, 11) is 0. The van der Waals surface area contributed by atoms with Gasteiger partial charge in [-0.05, 0) is 19.8 Å². The van der Waals surface area contributed by atoms with Crippen molar-refractivity contribution in [3.05, 3.63) is 29.1 Å². The third-order valence-corrected chi connectivity index (χ3v) is 3.07. The summed E-state index contributed by atoms with van der Waals surface area (Å²) >= 11 is 0. The zero-order chi connectivity index (χ0) is 15.7. The van der Waals surface area contributed by atoms with Gasteiger partial charge in [-0.1, -0.05) is 0 Å². The maximum atomic E-state index is 13.8. The first-order chi connectivity index (χ1) is 9.88. The number of carbonyl (C=O) groups excluding carboxylic acids is 1. The minimum absolute atomic E-state index is 0.0500. The van der Waals surface area contributed by atoms with E-state index in [9.17, 15) is 26.7 Å². The van der Waals surface area contributed by atoms with Crippen LogP contribution < -0.4 is 4.90 Å². The number of rotatable bonds is 5. The Morgan fingerprint density at radius 3 is 1.95 bits per heavy atom. The monoisotopic (exact) mass is 309 g/mol. The lowest BCUT2D eigenvalue weighted by Crippen LogP contribution is -2.35. The van der Waals surface area contributed by atoms with Crippen LogP contribution in [0.25, 0.3) is 0 Å². The Labute approximate surface area is 117 Å². The van der Waals surface area contributed by atoms with E-state index >= 15 is 0 Å². The maximum absolute atomic E-state index is 13.8. The SMILES string of the molecule is CCOC(=O)CN(c1c(F)c(F)c(F)c(F)c1F)C1CC1. The second-order valence-corrected chi connectivity index (χ2v) is 4.58. The number of benzene rings is 1. The molecule has 1 saturated carbocycles. The van der Waals surface area contributed by atoms with Gasteiger partial charge in [-0.15, -0.1) is 0 Å². The van der Waals surface area contributed by atoms with E-state index in [4.69, 9.17) is 0 Å². The number of nitrogens with zero attached hydrogens (tertiary/aromatic N) is 1. The highest BCUT2D eigenvalue weighted by molar-refractivity contribution is 5.76. The summed E-state index contributed by atoms with van der Waals surface area (Å²) in [4.78, 5) is 12.3. The van der Waals surface area contributed by atoms with Crippen LogP contribution in [0.2, 0.25) is 0 Å². The van der Waals surface area contributed by atoms with Gasteiger partial charge >= 0.3 is 5.97 Å². The molecule has 116 valence electrons. The fourth-order valence-electron chi connectivity index (χ4n) is 1.97. The van der Waals surface area contributed by atoms with E-state index in [1.54, 1.807) is 0 Å². The van der Waals surface area contributed by atoms with Crippen molar-refractivity contribution in [2.24, 2.45) is 0 Å². The standard InChI is InChI=1S/C13H12F5NO2/c1-2-21-7(20)5-19(6-3-4-6)13-11(17)9(15)8(14)10(16)12(13)18/h6H,2-5H2,1H3. The molecule has 1 aliphatic rings. The van der Waals surface area contributed by atoms with Gasteiger partial charge < -0.3 is 9.64 Å². The van der Waals surface area contributed by atoms with Crippen molar-refractivity contribution in [3.8, 4) is 0 Å². The van der Waals surface area contributed by atoms with Gasteiger partial charge in [-0.25, -0.2) is 22.0 Å². The Balaban J connectivity index is 2.43. The first kappa shape index (κ1) is 15.5. The molecular formula is C13H12F5NO2. The molecule has 0 aliphatic heterocycles. The topological polar surface area (TPSA) is 29.5 Å². The third kappa shape index (κ3) is 2.93. The highest BCUT2D eigenvalue weighted by atomic mass is 19.2. The fraction of sp³-hybridized carbons (Fsp3) is 0.462. The number of anilines is 1. The smallest absolute Gasteiger partial charge is 0.325 e. The molecule has 0 saturated heterocycles. The van der Waals surface area contributed by atoms with Crippen LogP contribution in [0.1, 0.15) is 19.8 Å². The van der Waals surface area contributed by atoms with Gasteiger partial charge in [-0.3, -0.25) is 4.79 Å². The Bertz CT molecular complexity index is 545. The van der Waals surface area contributed by atoms with Gasteiger partial charge in [0.15, 0.2) is 23.3 Å². The van der Waals surface area contributed by atoms with Crippen molar-refractivity contribution < 1.29 is 31.5 Å². The second kappa shape index (κ2) is 5.87. The van der Waals surface area contributed by atoms with Crippen molar-refractivity contribution >= 4 is 11.7 Å². The predicted molar refractivity (Wildman–Crippen MR) is 63.2 cm³/mol. The molecule has 1 fully saturated rings. The van der Waals surface area contributed by atoms with Crippen LogP contribution in [0, 0.1) is 29.1 Å². The molecule has 0 N–H and O–H groups in total. The molecule has 0 atom stereocenters. The Morgan fingerprint density at radius 2 is 1.52 bits per heavy atom. The molecule has 2 rings (SSSR count). The Kier molecular flexibility index (Phi) is 4.34. The minimum atomic E-state index is -2.22. The summed E-state index contributed by atoms with van der Waals surface area (Å²) in [6.45, 7) is 1.02. The zero-order valence-corrected chi connectivity index (χ0v) is 11.1. The number of carbonyl (C=O) groups is 1. The number of ether oxygens (including phenoxy) is 1. The molecule has 21 heavy (non-hydrogen) atoms. The first-order valence-electron chi connectivity index (χ1n) is 6.32. The van der Waals surface area contributed by atoms with E-state index < -0.39 is 53.3 Å². The molecule has 0 aromatic heterocycles. The molecule has 0 spiro atoms. The van der Waals surface area contributed by atoms with Gasteiger partial charge in [-0.2, -0.15) is 0 Å². The molecule has 0 radical (unpaired) electrons. The summed E-state index contributed by atoms with van der Waals surface area (Å²) in [6.07, 6.45) is 0.998. The van der Waals surface area contributed by atoms with Crippen molar-refractivity contribution in [2.75, 3.05) is 18.1 Å². The first-order valence-corrected chi connectivity index (χ1v) is 6.32. The fourth-order valence-corrected chi connectivity index (χ4v) is 1.97. The van der Waals surface area contributed by atoms with Crippen LogP contribution in [0.3, 0.4) is 0 Å². The Morgan fingerprint density at radius 1 is 1.05 bits per heavy atom. The molecule has 0 bridgehead atoms. The number of halogens is 5. The van der Waals surface area contributed by atoms with Crippen molar-refractivity contribution in [2.45, 2.75) is 25.8 Å². The third-order valence-electron chi connectivity index (χ3n) is 3.07. The highest BCUT2D eigenvalue weighted by Gasteiger charge is 2.37. The van der Waals surface area contributed by atoms with Gasteiger partial charge in [0.2, 0.25) is 5.82 Å². The van der Waals surface area contributed by atoms with Crippen LogP contribution >= 0.6 is 0 Å². The van der Waals surface area contributed by atoms with E-state index in [2.05, 4.69) is 4.74 Å². The van der Waals surface area contributed by atoms with Crippen molar-refractivity contribution in [1.82, 2.24) is 0 Å². The van der Waals surface area contributed by atoms with Gasteiger partial charge in [0.25, 0.3) is 0 Å². The summed E-state index contributed by atoms with van der Waals surface area (Å²) < 4.78 is 71.7. The average molecular weight is 309 g/mol. The molecule has 1 aromatic carbocycles. The zero-order valence-electron chi connectivity index (χ0n) is 11.1. The lowest BCUT2D eigenvalue weighted by molar-refractivity contribution is -0.141. The maximum Gasteiger partial charge on any atom is 0.325 e.